The molecule has 31 heavy (non-hydrogen) atoms. The van der Waals surface area contributed by atoms with Crippen LogP contribution in [-0.2, 0) is 0 Å². The van der Waals surface area contributed by atoms with Crippen molar-refractivity contribution in [2.45, 2.75) is 0 Å². The van der Waals surface area contributed by atoms with Gasteiger partial charge in [-0.3, -0.25) is 0 Å². The smallest absolute Gasteiger partial charge is 0.0960 e. The maximum Gasteiger partial charge on any atom is 0.113 e. The van der Waals surface area contributed by atoms with Gasteiger partial charge in [-0.2, -0.15) is 0 Å². The monoisotopic (exact) mass is 390 g/mol. The van der Waals surface area contributed by atoms with E-state index in [0.29, 0.717) is 0 Å². The van der Waals surface area contributed by atoms with Crippen LogP contribution in [0.3, 0.4) is 0 Å². The Labute approximate surface area is 183 Å². The van der Waals surface area contributed by atoms with Crippen LogP contribution >= 0.6 is 0 Å². The van der Waals surface area contributed by atoms with Gasteiger partial charge >= 0.3 is 0 Å². The van der Waals surface area contributed by atoms with Crippen LogP contribution in [-0.4, -0.2) is 7.85 Å². The lowest BCUT2D eigenvalue weighted by atomic mass is 9.92. The zero-order valence-corrected chi connectivity index (χ0v) is 17.0. The van der Waals surface area contributed by atoms with Crippen molar-refractivity contribution in [3.8, 4) is 22.3 Å². The van der Waals surface area contributed by atoms with E-state index in [-0.39, 0.29) is 0 Å². The lowest BCUT2D eigenvalue weighted by Gasteiger charge is -2.09. The first kappa shape index (κ1) is 18.0. The highest BCUT2D eigenvalue weighted by molar-refractivity contribution is 6.33. The van der Waals surface area contributed by atoms with E-state index in [1.165, 1.54) is 54.6 Å². The third-order valence-corrected chi connectivity index (χ3v) is 6.12. The van der Waals surface area contributed by atoms with Gasteiger partial charge in [0.1, 0.15) is 7.85 Å². The van der Waals surface area contributed by atoms with Gasteiger partial charge in [-0.1, -0.05) is 96.5 Å². The molecule has 0 amide bonds. The first-order chi connectivity index (χ1) is 15.2. The summed E-state index contributed by atoms with van der Waals surface area (Å²) < 4.78 is 0. The summed E-state index contributed by atoms with van der Waals surface area (Å²) in [5.74, 6) is 0. The van der Waals surface area contributed by atoms with Crippen LogP contribution < -0.4 is 5.46 Å². The van der Waals surface area contributed by atoms with E-state index >= 15 is 0 Å². The van der Waals surface area contributed by atoms with E-state index in [1.807, 2.05) is 12.1 Å². The molecule has 0 bridgehead atoms. The van der Waals surface area contributed by atoms with Crippen molar-refractivity contribution in [1.82, 2.24) is 0 Å². The molecule has 142 valence electrons. The Morgan fingerprint density at radius 2 is 0.677 bits per heavy atom. The highest BCUT2D eigenvalue weighted by Gasteiger charge is 2.05. The molecule has 6 rings (SSSR count). The van der Waals surface area contributed by atoms with Gasteiger partial charge in [0, 0.05) is 0 Å². The van der Waals surface area contributed by atoms with Crippen molar-refractivity contribution in [2.24, 2.45) is 0 Å². The van der Waals surface area contributed by atoms with Gasteiger partial charge in [0.05, 0.1) is 0 Å². The summed E-state index contributed by atoms with van der Waals surface area (Å²) >= 11 is 0. The molecule has 0 aromatic heterocycles. The molecule has 1 heteroatoms. The third kappa shape index (κ3) is 3.29. The summed E-state index contributed by atoms with van der Waals surface area (Å²) in [6.45, 7) is 0. The van der Waals surface area contributed by atoms with Crippen LogP contribution in [0.4, 0.5) is 0 Å². The predicted octanol–water partition coefficient (Wildman–Crippen LogP) is 7.27. The lowest BCUT2D eigenvalue weighted by Crippen LogP contribution is -1.99. The molecule has 0 saturated heterocycles. The fraction of sp³-hybridized carbons (Fsp3) is 0. The van der Waals surface area contributed by atoms with Crippen molar-refractivity contribution in [1.29, 1.82) is 0 Å². The van der Waals surface area contributed by atoms with E-state index in [4.69, 9.17) is 7.85 Å². The quantitative estimate of drug-likeness (QED) is 0.273. The number of rotatable bonds is 2. The Hall–Kier alpha value is -3.84. The lowest BCUT2D eigenvalue weighted by molar-refractivity contribution is 1.65. The molecular weight excluding hydrogens is 371 g/mol. The molecule has 0 N–H and O–H groups in total. The van der Waals surface area contributed by atoms with E-state index in [9.17, 15) is 0 Å². The average molecular weight is 390 g/mol. The minimum atomic E-state index is 0.799. The van der Waals surface area contributed by atoms with Gasteiger partial charge in [0.2, 0.25) is 0 Å². The first-order valence-electron chi connectivity index (χ1n) is 10.6. The minimum absolute atomic E-state index is 0.799. The number of hydrogen-bond acceptors (Lipinski definition) is 0. The summed E-state index contributed by atoms with van der Waals surface area (Å²) in [4.78, 5) is 0. The highest BCUT2D eigenvalue weighted by Crippen LogP contribution is 2.31. The first-order valence-corrected chi connectivity index (χ1v) is 10.6. The van der Waals surface area contributed by atoms with E-state index < -0.39 is 0 Å². The number of hydrogen-bond donors (Lipinski definition) is 0. The standard InChI is InChI=1S/C30H19B/c31-30-14-13-28-18-27(11-12-29(28)19-30)26-10-9-24-16-23(7-8-25(24)17-26)22-6-5-20-3-1-2-4-21(20)15-22/h1-19H. The Balaban J connectivity index is 1.40. The van der Waals surface area contributed by atoms with Crippen LogP contribution in [0.1, 0.15) is 0 Å². The molecule has 0 atom stereocenters. The second-order valence-electron chi connectivity index (χ2n) is 8.16. The molecule has 2 radical (unpaired) electrons. The van der Waals surface area contributed by atoms with E-state index in [1.54, 1.807) is 0 Å². The Kier molecular flexibility index (Phi) is 4.14. The van der Waals surface area contributed by atoms with Crippen LogP contribution in [0.25, 0.3) is 54.6 Å². The molecule has 0 fully saturated rings. The highest BCUT2D eigenvalue weighted by atomic mass is 14.1. The summed E-state index contributed by atoms with van der Waals surface area (Å²) in [7, 11) is 5.92. The average Bonchev–Trinajstić information content (AvgIpc) is 2.82. The van der Waals surface area contributed by atoms with Gasteiger partial charge in [0.25, 0.3) is 0 Å². The van der Waals surface area contributed by atoms with Crippen molar-refractivity contribution in [3.05, 3.63) is 115 Å². The van der Waals surface area contributed by atoms with E-state index in [0.717, 1.165) is 5.46 Å². The predicted molar refractivity (Wildman–Crippen MR) is 135 cm³/mol. The van der Waals surface area contributed by atoms with Gasteiger partial charge in [-0.15, -0.1) is 0 Å². The molecule has 6 aromatic carbocycles. The molecule has 0 aliphatic heterocycles. The zero-order chi connectivity index (χ0) is 20.8. The fourth-order valence-corrected chi connectivity index (χ4v) is 4.42. The largest absolute Gasteiger partial charge is 0.113 e. The second-order valence-corrected chi connectivity index (χ2v) is 8.16. The number of benzene rings is 6. The summed E-state index contributed by atoms with van der Waals surface area (Å²) in [5.41, 5.74) is 5.74. The van der Waals surface area contributed by atoms with Crippen molar-refractivity contribution in [2.75, 3.05) is 0 Å². The van der Waals surface area contributed by atoms with Gasteiger partial charge in [-0.05, 0) is 78.8 Å². The molecule has 6 aromatic rings. The molecule has 0 heterocycles. The normalized spacial score (nSPS) is 11.4. The molecule has 0 nitrogen and oxygen atoms in total. The fourth-order valence-electron chi connectivity index (χ4n) is 4.42. The van der Waals surface area contributed by atoms with Crippen LogP contribution in [0.2, 0.25) is 0 Å². The van der Waals surface area contributed by atoms with Gasteiger partial charge in [0.15, 0.2) is 0 Å². The van der Waals surface area contributed by atoms with Gasteiger partial charge in [-0.25, -0.2) is 0 Å². The maximum atomic E-state index is 5.92. The SMILES string of the molecule is [B]c1ccc2cc(-c3ccc4cc(-c5ccc6ccccc6c5)ccc4c3)ccc2c1. The zero-order valence-electron chi connectivity index (χ0n) is 17.0. The van der Waals surface area contributed by atoms with Crippen molar-refractivity contribution < 1.29 is 0 Å². The third-order valence-electron chi connectivity index (χ3n) is 6.12. The summed E-state index contributed by atoms with van der Waals surface area (Å²) in [6, 6.07) is 41.3. The second kappa shape index (κ2) is 7.14. The van der Waals surface area contributed by atoms with E-state index in [2.05, 4.69) is 103 Å². The Morgan fingerprint density at radius 1 is 0.323 bits per heavy atom. The van der Waals surface area contributed by atoms with Gasteiger partial charge < -0.3 is 0 Å². The molecule has 0 saturated carbocycles. The van der Waals surface area contributed by atoms with Crippen LogP contribution in [0, 0.1) is 0 Å². The Morgan fingerprint density at radius 3 is 1.19 bits per heavy atom. The Bertz CT molecular complexity index is 1590. The topological polar surface area (TPSA) is 0 Å². The summed E-state index contributed by atoms with van der Waals surface area (Å²) in [5, 5.41) is 7.42. The van der Waals surface area contributed by atoms with Crippen molar-refractivity contribution in [3.63, 3.8) is 0 Å². The minimum Gasteiger partial charge on any atom is -0.0960 e. The molecule has 0 aliphatic rings. The molecule has 0 aliphatic carbocycles. The van der Waals surface area contributed by atoms with Crippen molar-refractivity contribution >= 4 is 45.6 Å². The molecular formula is C30H19B. The summed E-state index contributed by atoms with van der Waals surface area (Å²) in [6.07, 6.45) is 0. The number of fused-ring (bicyclic) bond motifs is 3. The molecule has 0 unspecified atom stereocenters. The van der Waals surface area contributed by atoms with Crippen LogP contribution in [0.15, 0.2) is 115 Å². The maximum absolute atomic E-state index is 5.92. The van der Waals surface area contributed by atoms with Crippen LogP contribution in [0.5, 0.6) is 0 Å². The molecule has 0 spiro atoms.